The summed E-state index contributed by atoms with van der Waals surface area (Å²) in [5, 5.41) is 8.64. The molecule has 0 saturated heterocycles. The van der Waals surface area contributed by atoms with Crippen LogP contribution >= 0.6 is 23.2 Å². The normalized spacial score (nSPS) is 21.6. The number of sulfonamides is 1. The summed E-state index contributed by atoms with van der Waals surface area (Å²) >= 11 is 11.7. The van der Waals surface area contributed by atoms with Crippen LogP contribution in [0.5, 0.6) is 0 Å². The highest BCUT2D eigenvalue weighted by molar-refractivity contribution is 7.89. The summed E-state index contributed by atoms with van der Waals surface area (Å²) < 4.78 is 26.2. The highest BCUT2D eigenvalue weighted by Crippen LogP contribution is 2.39. The van der Waals surface area contributed by atoms with Gasteiger partial charge in [0.05, 0.1) is 15.6 Å². The van der Waals surface area contributed by atoms with Gasteiger partial charge < -0.3 is 5.11 Å². The lowest BCUT2D eigenvalue weighted by molar-refractivity contribution is 0.0697. The molecule has 1 aromatic carbocycles. The van der Waals surface area contributed by atoms with Crippen LogP contribution in [0.3, 0.4) is 0 Å². The highest BCUT2D eigenvalue weighted by atomic mass is 35.5. The fraction of sp³-hybridized carbons (Fsp3) is 0.462. The molecule has 1 aliphatic rings. The smallest absolute Gasteiger partial charge is 0.338 e. The number of hydrogen-bond acceptors (Lipinski definition) is 3. The standard InChI is InChI=1S/C13H15Cl2NO4S/c1-7-5-8(7)6-16(2)21(19,20)10-4-3-9(14)11(12(10)15)13(17)18/h3-4,7-8H,5-6H2,1-2H3,(H,17,18). The molecule has 1 aliphatic carbocycles. The molecule has 1 N–H and O–H groups in total. The Hall–Kier alpha value is -0.820. The van der Waals surface area contributed by atoms with E-state index in [1.807, 2.05) is 0 Å². The monoisotopic (exact) mass is 351 g/mol. The quantitative estimate of drug-likeness (QED) is 0.884. The van der Waals surface area contributed by atoms with Crippen molar-refractivity contribution in [2.24, 2.45) is 11.8 Å². The molecule has 0 amide bonds. The van der Waals surface area contributed by atoms with Crippen molar-refractivity contribution < 1.29 is 18.3 Å². The third-order valence-electron chi connectivity index (χ3n) is 3.73. The van der Waals surface area contributed by atoms with Crippen molar-refractivity contribution in [1.29, 1.82) is 0 Å². The van der Waals surface area contributed by atoms with E-state index in [0.717, 1.165) is 6.42 Å². The molecule has 1 fully saturated rings. The van der Waals surface area contributed by atoms with Crippen molar-refractivity contribution in [3.8, 4) is 0 Å². The number of halogens is 2. The van der Waals surface area contributed by atoms with Crippen molar-refractivity contribution in [3.63, 3.8) is 0 Å². The second-order valence-corrected chi connectivity index (χ2v) is 8.10. The van der Waals surface area contributed by atoms with Gasteiger partial charge in [-0.05, 0) is 30.4 Å². The van der Waals surface area contributed by atoms with Crippen molar-refractivity contribution in [3.05, 3.63) is 27.7 Å². The summed E-state index contributed by atoms with van der Waals surface area (Å²) in [6.45, 7) is 2.45. The van der Waals surface area contributed by atoms with Gasteiger partial charge in [-0.1, -0.05) is 30.1 Å². The Bertz CT molecular complexity index is 690. The first-order valence-corrected chi connectivity index (χ1v) is 8.53. The lowest BCUT2D eigenvalue weighted by Crippen LogP contribution is -2.29. The zero-order valence-electron chi connectivity index (χ0n) is 11.5. The zero-order valence-corrected chi connectivity index (χ0v) is 13.8. The Morgan fingerprint density at radius 1 is 1.43 bits per heavy atom. The lowest BCUT2D eigenvalue weighted by atomic mass is 10.2. The zero-order chi connectivity index (χ0) is 15.9. The fourth-order valence-corrected chi connectivity index (χ4v) is 4.30. The largest absolute Gasteiger partial charge is 0.478 e. The number of rotatable bonds is 5. The minimum absolute atomic E-state index is 0.0927. The molecule has 2 atom stereocenters. The topological polar surface area (TPSA) is 74.7 Å². The molecule has 2 unspecified atom stereocenters. The Morgan fingerprint density at radius 2 is 2.00 bits per heavy atom. The van der Waals surface area contributed by atoms with E-state index in [4.69, 9.17) is 28.3 Å². The first kappa shape index (κ1) is 16.5. The van der Waals surface area contributed by atoms with Crippen LogP contribution in [0, 0.1) is 11.8 Å². The molecule has 1 saturated carbocycles. The van der Waals surface area contributed by atoms with E-state index in [9.17, 15) is 13.2 Å². The van der Waals surface area contributed by atoms with Crippen LogP contribution < -0.4 is 0 Å². The Labute approximate surface area is 133 Å². The van der Waals surface area contributed by atoms with Crippen LogP contribution in [0.4, 0.5) is 0 Å². The molecular formula is C13H15Cl2NO4S. The summed E-state index contributed by atoms with van der Waals surface area (Å²) in [7, 11) is -2.38. The maximum Gasteiger partial charge on any atom is 0.338 e. The number of carboxylic acids is 1. The van der Waals surface area contributed by atoms with Gasteiger partial charge in [0, 0.05) is 13.6 Å². The van der Waals surface area contributed by atoms with Gasteiger partial charge in [0.25, 0.3) is 0 Å². The number of carbonyl (C=O) groups is 1. The lowest BCUT2D eigenvalue weighted by Gasteiger charge is -2.18. The van der Waals surface area contributed by atoms with Gasteiger partial charge in [-0.15, -0.1) is 0 Å². The molecule has 21 heavy (non-hydrogen) atoms. The van der Waals surface area contributed by atoms with E-state index in [0.29, 0.717) is 18.4 Å². The van der Waals surface area contributed by atoms with Gasteiger partial charge in [-0.2, -0.15) is 0 Å². The molecule has 0 spiro atoms. The van der Waals surface area contributed by atoms with Gasteiger partial charge in [0.1, 0.15) is 4.90 Å². The van der Waals surface area contributed by atoms with Crippen LogP contribution in [0.1, 0.15) is 23.7 Å². The van der Waals surface area contributed by atoms with Crippen LogP contribution in [0.25, 0.3) is 0 Å². The predicted molar refractivity (Wildman–Crippen MR) is 80.5 cm³/mol. The summed E-state index contributed by atoms with van der Waals surface area (Å²) in [6, 6.07) is 2.47. The average molecular weight is 352 g/mol. The van der Waals surface area contributed by atoms with E-state index in [-0.39, 0.29) is 14.9 Å². The Kier molecular flexibility index (Phi) is 4.54. The van der Waals surface area contributed by atoms with Crippen molar-refractivity contribution in [1.82, 2.24) is 4.31 Å². The summed E-state index contributed by atoms with van der Waals surface area (Å²) in [5.74, 6) is -0.506. The summed E-state index contributed by atoms with van der Waals surface area (Å²) in [4.78, 5) is 10.9. The van der Waals surface area contributed by atoms with Gasteiger partial charge in [0.2, 0.25) is 10.0 Å². The van der Waals surface area contributed by atoms with Gasteiger partial charge in [-0.3, -0.25) is 0 Å². The van der Waals surface area contributed by atoms with E-state index in [1.54, 1.807) is 0 Å². The molecule has 0 bridgehead atoms. The Morgan fingerprint density at radius 3 is 2.48 bits per heavy atom. The van der Waals surface area contributed by atoms with Crippen LogP contribution in [-0.2, 0) is 10.0 Å². The number of nitrogens with zero attached hydrogens (tertiary/aromatic N) is 1. The van der Waals surface area contributed by atoms with Crippen LogP contribution in [-0.4, -0.2) is 37.4 Å². The second-order valence-electron chi connectivity index (χ2n) is 5.30. The van der Waals surface area contributed by atoms with Crippen molar-refractivity contribution in [2.45, 2.75) is 18.2 Å². The molecule has 1 aromatic rings. The third-order valence-corrected chi connectivity index (χ3v) is 6.41. The number of benzene rings is 1. The first-order valence-electron chi connectivity index (χ1n) is 6.34. The minimum Gasteiger partial charge on any atom is -0.478 e. The molecule has 2 rings (SSSR count). The number of carboxylic acid groups (broad SMARTS) is 1. The third kappa shape index (κ3) is 3.18. The molecule has 0 aliphatic heterocycles. The predicted octanol–water partition coefficient (Wildman–Crippen LogP) is 2.97. The minimum atomic E-state index is -3.84. The average Bonchev–Trinajstić information content (AvgIpc) is 3.03. The molecule has 0 aromatic heterocycles. The SMILES string of the molecule is CC1CC1CN(C)S(=O)(=O)c1ccc(Cl)c(C(=O)O)c1Cl. The van der Waals surface area contributed by atoms with Crippen LogP contribution in [0.15, 0.2) is 17.0 Å². The number of hydrogen-bond donors (Lipinski definition) is 1. The maximum absolute atomic E-state index is 12.5. The molecule has 8 heteroatoms. The van der Waals surface area contributed by atoms with Gasteiger partial charge in [-0.25, -0.2) is 17.5 Å². The molecular weight excluding hydrogens is 337 g/mol. The molecule has 0 radical (unpaired) electrons. The maximum atomic E-state index is 12.5. The molecule has 116 valence electrons. The van der Waals surface area contributed by atoms with E-state index in [1.165, 1.54) is 23.5 Å². The Balaban J connectivity index is 2.40. The molecule has 5 nitrogen and oxygen atoms in total. The first-order chi connectivity index (χ1) is 9.66. The second kappa shape index (κ2) is 5.76. The van der Waals surface area contributed by atoms with E-state index < -0.39 is 21.6 Å². The summed E-state index contributed by atoms with van der Waals surface area (Å²) in [6.07, 6.45) is 0.995. The number of aromatic carboxylic acids is 1. The van der Waals surface area contributed by atoms with Crippen LogP contribution in [0.2, 0.25) is 10.0 Å². The highest BCUT2D eigenvalue weighted by Gasteiger charge is 2.37. The fourth-order valence-electron chi connectivity index (χ4n) is 2.18. The van der Waals surface area contributed by atoms with Crippen molar-refractivity contribution >= 4 is 39.2 Å². The van der Waals surface area contributed by atoms with E-state index in [2.05, 4.69) is 6.92 Å². The van der Waals surface area contributed by atoms with E-state index >= 15 is 0 Å². The van der Waals surface area contributed by atoms with Crippen molar-refractivity contribution in [2.75, 3.05) is 13.6 Å². The summed E-state index contributed by atoms with van der Waals surface area (Å²) in [5.41, 5.74) is -0.396. The van der Waals surface area contributed by atoms with Gasteiger partial charge >= 0.3 is 5.97 Å². The van der Waals surface area contributed by atoms with Gasteiger partial charge in [0.15, 0.2) is 0 Å². The molecule has 0 heterocycles.